The highest BCUT2D eigenvalue weighted by molar-refractivity contribution is 5.94. The second kappa shape index (κ2) is 6.18. The van der Waals surface area contributed by atoms with Gasteiger partial charge in [-0.2, -0.15) is 0 Å². The van der Waals surface area contributed by atoms with Crippen molar-refractivity contribution in [3.05, 3.63) is 35.4 Å². The molecule has 0 saturated carbocycles. The van der Waals surface area contributed by atoms with Crippen LogP contribution in [0.15, 0.2) is 24.3 Å². The van der Waals surface area contributed by atoms with Gasteiger partial charge in [-0.25, -0.2) is 0 Å². The van der Waals surface area contributed by atoms with Crippen molar-refractivity contribution in [2.24, 2.45) is 11.7 Å². The van der Waals surface area contributed by atoms with E-state index in [0.717, 1.165) is 18.5 Å². The standard InChI is InChI=1S/C16H22N2O2/c1-11-7-14(9-17)10-18(11)16(20)8-13-3-5-15(6-4-13)12(2)19/h3-6,11,14H,7-10,17H2,1-2H3. The number of amides is 1. The number of ketones is 1. The Bertz CT molecular complexity index is 496. The molecule has 20 heavy (non-hydrogen) atoms. The fourth-order valence-electron chi connectivity index (χ4n) is 2.79. The summed E-state index contributed by atoms with van der Waals surface area (Å²) >= 11 is 0. The van der Waals surface area contributed by atoms with Crippen LogP contribution >= 0.6 is 0 Å². The van der Waals surface area contributed by atoms with Gasteiger partial charge in [0.05, 0.1) is 6.42 Å². The normalized spacial score (nSPS) is 22.1. The summed E-state index contributed by atoms with van der Waals surface area (Å²) in [6.45, 7) is 5.02. The second-order valence-corrected chi connectivity index (χ2v) is 5.66. The number of likely N-dealkylation sites (tertiary alicyclic amines) is 1. The van der Waals surface area contributed by atoms with E-state index in [1.807, 2.05) is 17.0 Å². The Morgan fingerprint density at radius 2 is 1.95 bits per heavy atom. The third kappa shape index (κ3) is 3.25. The highest BCUT2D eigenvalue weighted by Gasteiger charge is 2.31. The Morgan fingerprint density at radius 3 is 2.45 bits per heavy atom. The average Bonchev–Trinajstić information content (AvgIpc) is 2.80. The van der Waals surface area contributed by atoms with Crippen molar-refractivity contribution in [1.82, 2.24) is 4.90 Å². The maximum absolute atomic E-state index is 12.3. The van der Waals surface area contributed by atoms with E-state index in [9.17, 15) is 9.59 Å². The number of carbonyl (C=O) groups excluding carboxylic acids is 2. The number of Topliss-reactive ketones (excluding diaryl/α,β-unsaturated/α-hetero) is 1. The number of nitrogens with zero attached hydrogens (tertiary/aromatic N) is 1. The Labute approximate surface area is 119 Å². The third-order valence-corrected chi connectivity index (χ3v) is 4.03. The first-order valence-corrected chi connectivity index (χ1v) is 7.10. The maximum Gasteiger partial charge on any atom is 0.227 e. The molecule has 1 amide bonds. The van der Waals surface area contributed by atoms with Crippen molar-refractivity contribution < 1.29 is 9.59 Å². The molecule has 0 spiro atoms. The van der Waals surface area contributed by atoms with Crippen molar-refractivity contribution >= 4 is 11.7 Å². The smallest absolute Gasteiger partial charge is 0.227 e. The van der Waals surface area contributed by atoms with Crippen molar-refractivity contribution in [3.8, 4) is 0 Å². The van der Waals surface area contributed by atoms with Crippen LogP contribution in [-0.2, 0) is 11.2 Å². The van der Waals surface area contributed by atoms with Gasteiger partial charge < -0.3 is 10.6 Å². The number of rotatable bonds is 4. The summed E-state index contributed by atoms with van der Waals surface area (Å²) in [6.07, 6.45) is 1.38. The van der Waals surface area contributed by atoms with E-state index in [1.165, 1.54) is 0 Å². The van der Waals surface area contributed by atoms with Crippen molar-refractivity contribution in [1.29, 1.82) is 0 Å². The summed E-state index contributed by atoms with van der Waals surface area (Å²) < 4.78 is 0. The zero-order chi connectivity index (χ0) is 14.7. The summed E-state index contributed by atoms with van der Waals surface area (Å²) in [6, 6.07) is 7.54. The first kappa shape index (κ1) is 14.7. The van der Waals surface area contributed by atoms with Crippen LogP contribution < -0.4 is 5.73 Å². The van der Waals surface area contributed by atoms with Gasteiger partial charge in [0.15, 0.2) is 5.78 Å². The number of carbonyl (C=O) groups is 2. The molecule has 0 bridgehead atoms. The molecule has 2 atom stereocenters. The summed E-state index contributed by atoms with van der Waals surface area (Å²) in [5.74, 6) is 0.611. The van der Waals surface area contributed by atoms with Crippen LogP contribution in [0.4, 0.5) is 0 Å². The summed E-state index contributed by atoms with van der Waals surface area (Å²) in [7, 11) is 0. The molecule has 2 N–H and O–H groups in total. The van der Waals surface area contributed by atoms with Crippen LogP contribution in [0.25, 0.3) is 0 Å². The molecule has 1 aliphatic rings. The van der Waals surface area contributed by atoms with E-state index in [0.29, 0.717) is 24.4 Å². The van der Waals surface area contributed by atoms with Crippen LogP contribution in [0.3, 0.4) is 0 Å². The fraction of sp³-hybridized carbons (Fsp3) is 0.500. The molecular formula is C16H22N2O2. The predicted molar refractivity (Wildman–Crippen MR) is 78.5 cm³/mol. The lowest BCUT2D eigenvalue weighted by atomic mass is 10.1. The van der Waals surface area contributed by atoms with Gasteiger partial charge in [0.25, 0.3) is 0 Å². The molecule has 0 radical (unpaired) electrons. The zero-order valence-electron chi connectivity index (χ0n) is 12.1. The third-order valence-electron chi connectivity index (χ3n) is 4.03. The van der Waals surface area contributed by atoms with Gasteiger partial charge in [0.1, 0.15) is 0 Å². The highest BCUT2D eigenvalue weighted by atomic mass is 16.2. The maximum atomic E-state index is 12.3. The van der Waals surface area contributed by atoms with E-state index in [4.69, 9.17) is 5.73 Å². The van der Waals surface area contributed by atoms with Gasteiger partial charge in [-0.15, -0.1) is 0 Å². The average molecular weight is 274 g/mol. The molecule has 2 unspecified atom stereocenters. The van der Waals surface area contributed by atoms with Crippen molar-refractivity contribution in [2.75, 3.05) is 13.1 Å². The molecule has 4 nitrogen and oxygen atoms in total. The lowest BCUT2D eigenvalue weighted by Gasteiger charge is -2.21. The first-order chi connectivity index (χ1) is 9.51. The quantitative estimate of drug-likeness (QED) is 0.849. The topological polar surface area (TPSA) is 63.4 Å². The Kier molecular flexibility index (Phi) is 4.55. The summed E-state index contributed by atoms with van der Waals surface area (Å²) in [5, 5.41) is 0. The number of benzene rings is 1. The molecule has 1 aliphatic heterocycles. The lowest BCUT2D eigenvalue weighted by molar-refractivity contribution is -0.131. The van der Waals surface area contributed by atoms with Gasteiger partial charge in [-0.05, 0) is 38.3 Å². The van der Waals surface area contributed by atoms with Crippen LogP contribution in [0.2, 0.25) is 0 Å². The zero-order valence-corrected chi connectivity index (χ0v) is 12.1. The molecule has 1 saturated heterocycles. The number of hydrogen-bond donors (Lipinski definition) is 1. The molecule has 2 rings (SSSR count). The van der Waals surface area contributed by atoms with Gasteiger partial charge in [-0.1, -0.05) is 24.3 Å². The van der Waals surface area contributed by atoms with Crippen molar-refractivity contribution in [2.45, 2.75) is 32.7 Å². The second-order valence-electron chi connectivity index (χ2n) is 5.66. The molecule has 1 heterocycles. The lowest BCUT2D eigenvalue weighted by Crippen LogP contribution is -2.35. The SMILES string of the molecule is CC(=O)c1ccc(CC(=O)N2CC(CN)CC2C)cc1. The molecule has 4 heteroatoms. The van der Waals surface area contributed by atoms with Crippen LogP contribution in [-0.4, -0.2) is 35.7 Å². The first-order valence-electron chi connectivity index (χ1n) is 7.10. The van der Waals surface area contributed by atoms with Crippen molar-refractivity contribution in [3.63, 3.8) is 0 Å². The molecule has 1 aromatic carbocycles. The van der Waals surface area contributed by atoms with Gasteiger partial charge in [0.2, 0.25) is 5.91 Å². The number of hydrogen-bond acceptors (Lipinski definition) is 3. The Balaban J connectivity index is 1.99. The minimum absolute atomic E-state index is 0.0434. The Hall–Kier alpha value is -1.68. The molecular weight excluding hydrogens is 252 g/mol. The van der Waals surface area contributed by atoms with E-state index in [-0.39, 0.29) is 17.7 Å². The van der Waals surface area contributed by atoms with E-state index in [2.05, 4.69) is 6.92 Å². The molecule has 0 aromatic heterocycles. The molecule has 108 valence electrons. The van der Waals surface area contributed by atoms with E-state index >= 15 is 0 Å². The van der Waals surface area contributed by atoms with Crippen LogP contribution in [0.5, 0.6) is 0 Å². The summed E-state index contributed by atoms with van der Waals surface area (Å²) in [5.41, 5.74) is 7.31. The van der Waals surface area contributed by atoms with E-state index < -0.39 is 0 Å². The number of nitrogens with two attached hydrogens (primary N) is 1. The summed E-state index contributed by atoms with van der Waals surface area (Å²) in [4.78, 5) is 25.5. The minimum atomic E-state index is 0.0434. The van der Waals surface area contributed by atoms with Gasteiger partial charge in [-0.3, -0.25) is 9.59 Å². The molecule has 1 aromatic rings. The van der Waals surface area contributed by atoms with Gasteiger partial charge >= 0.3 is 0 Å². The largest absolute Gasteiger partial charge is 0.339 e. The fourth-order valence-corrected chi connectivity index (χ4v) is 2.79. The minimum Gasteiger partial charge on any atom is -0.339 e. The molecule has 1 fully saturated rings. The Morgan fingerprint density at radius 1 is 1.30 bits per heavy atom. The van der Waals surface area contributed by atoms with E-state index in [1.54, 1.807) is 19.1 Å². The monoisotopic (exact) mass is 274 g/mol. The van der Waals surface area contributed by atoms with Crippen LogP contribution in [0.1, 0.15) is 36.2 Å². The predicted octanol–water partition coefficient (Wildman–Crippen LogP) is 1.63. The van der Waals surface area contributed by atoms with Crippen LogP contribution in [0, 0.1) is 5.92 Å². The molecule has 0 aliphatic carbocycles. The highest BCUT2D eigenvalue weighted by Crippen LogP contribution is 2.23. The van der Waals surface area contributed by atoms with Gasteiger partial charge in [0, 0.05) is 18.2 Å².